The number of ether oxygens (including phenoxy) is 2. The van der Waals surface area contributed by atoms with Gasteiger partial charge in [-0.15, -0.1) is 13.2 Å². The first-order valence-electron chi connectivity index (χ1n) is 18.2. The molecule has 0 aliphatic carbocycles. The van der Waals surface area contributed by atoms with Crippen LogP contribution in [0.25, 0.3) is 10.8 Å². The van der Waals surface area contributed by atoms with Crippen LogP contribution < -0.4 is 10.2 Å². The van der Waals surface area contributed by atoms with Crippen LogP contribution in [0.15, 0.2) is 98.1 Å². The van der Waals surface area contributed by atoms with Gasteiger partial charge in [-0.3, -0.25) is 19.2 Å². The molecule has 10 heteroatoms. The molecule has 3 aliphatic heterocycles. The molecule has 3 amide bonds. The van der Waals surface area contributed by atoms with Gasteiger partial charge in [0.2, 0.25) is 11.8 Å². The molecule has 0 radical (unpaired) electrons. The molecule has 2 bridgehead atoms. The number of aliphatic hydroxyl groups is 1. The number of carbonyl (C=O) groups is 4. The van der Waals surface area contributed by atoms with Gasteiger partial charge in [-0.25, -0.2) is 0 Å². The van der Waals surface area contributed by atoms with Crippen LogP contribution in [-0.2, 0) is 28.7 Å². The first-order chi connectivity index (χ1) is 25.1. The summed E-state index contributed by atoms with van der Waals surface area (Å²) in [5.74, 6) is -3.79. The van der Waals surface area contributed by atoms with Crippen molar-refractivity contribution in [1.82, 2.24) is 10.2 Å². The maximum Gasteiger partial charge on any atom is 0.313 e. The fraction of sp³-hybridized carbons (Fsp3) is 0.429. The number of amides is 3. The zero-order valence-electron chi connectivity index (χ0n) is 30.1. The maximum absolute atomic E-state index is 15.1. The third kappa shape index (κ3) is 6.65. The highest BCUT2D eigenvalue weighted by molar-refractivity contribution is 6.05. The second-order valence-corrected chi connectivity index (χ2v) is 14.5. The molecular weight excluding hydrogens is 658 g/mol. The van der Waals surface area contributed by atoms with E-state index in [1.54, 1.807) is 24.0 Å². The minimum absolute atomic E-state index is 0.173. The van der Waals surface area contributed by atoms with Crippen molar-refractivity contribution >= 4 is 40.2 Å². The van der Waals surface area contributed by atoms with E-state index in [1.807, 2.05) is 86.6 Å². The van der Waals surface area contributed by atoms with Crippen LogP contribution in [0.2, 0.25) is 0 Å². The monoisotopic (exact) mass is 707 g/mol. The number of nitrogens with zero attached hydrogens (tertiary/aromatic N) is 2. The number of esters is 1. The van der Waals surface area contributed by atoms with E-state index < -0.39 is 59.6 Å². The van der Waals surface area contributed by atoms with Crippen LogP contribution >= 0.6 is 0 Å². The Balaban J connectivity index is 1.36. The number of aliphatic hydroxyl groups excluding tert-OH is 1. The minimum Gasteiger partial charge on any atom is -0.455 e. The molecule has 3 aromatic rings. The maximum atomic E-state index is 15.1. The van der Waals surface area contributed by atoms with Crippen LogP contribution in [-0.4, -0.2) is 76.7 Å². The van der Waals surface area contributed by atoms with Crippen LogP contribution in [0.3, 0.4) is 0 Å². The molecule has 3 aliphatic rings. The Bertz CT molecular complexity index is 1830. The summed E-state index contributed by atoms with van der Waals surface area (Å²) in [5, 5.41) is 15.6. The molecule has 2 N–H and O–H groups in total. The van der Waals surface area contributed by atoms with Gasteiger partial charge in [-0.1, -0.05) is 86.7 Å². The van der Waals surface area contributed by atoms with Crippen molar-refractivity contribution in [3.05, 3.63) is 104 Å². The van der Waals surface area contributed by atoms with Gasteiger partial charge in [0, 0.05) is 18.7 Å². The lowest BCUT2D eigenvalue weighted by Gasteiger charge is -2.40. The predicted molar refractivity (Wildman–Crippen MR) is 199 cm³/mol. The lowest BCUT2D eigenvalue weighted by molar-refractivity contribution is -0.162. The van der Waals surface area contributed by atoms with E-state index >= 15 is 4.79 Å². The fourth-order valence-electron chi connectivity index (χ4n) is 8.50. The molecule has 6 rings (SSSR count). The summed E-state index contributed by atoms with van der Waals surface area (Å²) in [7, 11) is 0. The molecule has 1 spiro atoms. The van der Waals surface area contributed by atoms with Crippen LogP contribution in [0.1, 0.15) is 58.1 Å². The number of benzene rings is 3. The molecule has 3 aromatic carbocycles. The van der Waals surface area contributed by atoms with Crippen LogP contribution in [0, 0.1) is 17.8 Å². The third-order valence-corrected chi connectivity index (χ3v) is 11.0. The summed E-state index contributed by atoms with van der Waals surface area (Å²) in [6.07, 6.45) is 3.41. The van der Waals surface area contributed by atoms with Gasteiger partial charge in [-0.2, -0.15) is 0 Å². The molecule has 0 saturated carbocycles. The van der Waals surface area contributed by atoms with Gasteiger partial charge in [0.1, 0.15) is 17.7 Å². The zero-order valence-corrected chi connectivity index (χ0v) is 30.1. The molecule has 3 saturated heterocycles. The molecule has 0 aromatic heterocycles. The lowest BCUT2D eigenvalue weighted by atomic mass is 9.70. The van der Waals surface area contributed by atoms with Crippen molar-refractivity contribution in [2.24, 2.45) is 17.8 Å². The number of hydrogen-bond donors (Lipinski definition) is 2. The molecule has 274 valence electrons. The molecule has 52 heavy (non-hydrogen) atoms. The van der Waals surface area contributed by atoms with Gasteiger partial charge in [0.25, 0.3) is 5.91 Å². The highest BCUT2D eigenvalue weighted by Crippen LogP contribution is 2.59. The highest BCUT2D eigenvalue weighted by Gasteiger charge is 2.76. The Morgan fingerprint density at radius 2 is 1.75 bits per heavy atom. The lowest BCUT2D eigenvalue weighted by Crippen LogP contribution is -2.59. The number of nitrogens with one attached hydrogen (secondary N) is 1. The van der Waals surface area contributed by atoms with E-state index in [4.69, 9.17) is 9.47 Å². The average molecular weight is 708 g/mol. The summed E-state index contributed by atoms with van der Waals surface area (Å²) >= 11 is 0. The number of likely N-dealkylation sites (tertiary alicyclic amines) is 1. The molecule has 8 atom stereocenters. The van der Waals surface area contributed by atoms with E-state index in [2.05, 4.69) is 18.5 Å². The first-order valence-corrected chi connectivity index (χ1v) is 18.2. The van der Waals surface area contributed by atoms with Crippen molar-refractivity contribution in [2.75, 3.05) is 18.1 Å². The van der Waals surface area contributed by atoms with Crippen molar-refractivity contribution in [3.63, 3.8) is 0 Å². The van der Waals surface area contributed by atoms with E-state index in [0.29, 0.717) is 30.5 Å². The van der Waals surface area contributed by atoms with Crippen LogP contribution in [0.4, 0.5) is 5.69 Å². The number of carbonyl (C=O) groups excluding carboxylic acids is 4. The Morgan fingerprint density at radius 1 is 1.04 bits per heavy atom. The number of fused-ring (bicyclic) bond motifs is 2. The smallest absolute Gasteiger partial charge is 0.313 e. The Morgan fingerprint density at radius 3 is 2.42 bits per heavy atom. The SMILES string of the molecule is C=CCCC(=O)N[C@@H](C)[C@H](OC(=O)[C@@H]1[C@H]2C(=O)N([C@@H](CO)C(C)C)[C@H](C(=O)N(CC=C)c3ccc4ccccc4c3)[C@]23CC[C@H]1O3)c1ccccc1. The first kappa shape index (κ1) is 37.0. The van der Waals surface area contributed by atoms with Gasteiger partial charge in [0.05, 0.1) is 36.6 Å². The molecule has 3 fully saturated rings. The summed E-state index contributed by atoms with van der Waals surface area (Å²) in [5.41, 5.74) is 0.0156. The van der Waals surface area contributed by atoms with E-state index in [-0.39, 0.29) is 37.3 Å². The van der Waals surface area contributed by atoms with Gasteiger partial charge >= 0.3 is 5.97 Å². The Labute approximate surface area is 305 Å². The second-order valence-electron chi connectivity index (χ2n) is 14.5. The number of allylic oxidation sites excluding steroid dienone is 1. The quantitative estimate of drug-likeness (QED) is 0.158. The van der Waals surface area contributed by atoms with Crippen molar-refractivity contribution in [1.29, 1.82) is 0 Å². The topological polar surface area (TPSA) is 125 Å². The van der Waals surface area contributed by atoms with E-state index in [0.717, 1.165) is 10.8 Å². The predicted octanol–water partition coefficient (Wildman–Crippen LogP) is 5.51. The second kappa shape index (κ2) is 15.4. The Hall–Kier alpha value is -4.80. The number of anilines is 1. The molecule has 0 unspecified atom stereocenters. The van der Waals surface area contributed by atoms with E-state index in [1.165, 1.54) is 4.90 Å². The minimum atomic E-state index is -1.31. The molecule has 3 heterocycles. The van der Waals surface area contributed by atoms with E-state index in [9.17, 15) is 19.5 Å². The van der Waals surface area contributed by atoms with Crippen molar-refractivity contribution in [2.45, 2.75) is 82.4 Å². The summed E-state index contributed by atoms with van der Waals surface area (Å²) < 4.78 is 13.0. The van der Waals surface area contributed by atoms with Crippen molar-refractivity contribution < 1.29 is 33.8 Å². The standard InChI is InChI=1S/C42H49N3O7/c1-6-8-18-34(47)43-27(5)37(29-15-10-9-11-16-29)51-41(50)35-33-21-22-42(52-33)36(35)39(48)45(32(25-46)26(3)4)38(42)40(49)44(23-7-2)31-20-19-28-14-12-13-17-30(28)24-31/h6-7,9-17,19-20,24,26-27,32-33,35-38,46H,1-2,8,18,21-23,25H2,3-5H3,(H,43,47)/t27-,32-,33+,35-,36-,37-,38+,42-/m0/s1. The summed E-state index contributed by atoms with van der Waals surface area (Å²) in [6.45, 7) is 13.0. The van der Waals surface area contributed by atoms with Gasteiger partial charge < -0.3 is 29.7 Å². The highest BCUT2D eigenvalue weighted by atomic mass is 16.6. The third-order valence-electron chi connectivity index (χ3n) is 11.0. The number of rotatable bonds is 15. The van der Waals surface area contributed by atoms with Gasteiger partial charge in [-0.05, 0) is 60.6 Å². The van der Waals surface area contributed by atoms with Crippen molar-refractivity contribution in [3.8, 4) is 0 Å². The summed E-state index contributed by atoms with van der Waals surface area (Å²) in [4.78, 5) is 60.1. The zero-order chi connectivity index (χ0) is 37.2. The molecular formula is C42H49N3O7. The summed E-state index contributed by atoms with van der Waals surface area (Å²) in [6, 6.07) is 20.4. The average Bonchev–Trinajstić information content (AvgIpc) is 3.79. The number of hydrogen-bond acceptors (Lipinski definition) is 7. The largest absolute Gasteiger partial charge is 0.455 e. The normalized spacial score (nSPS) is 25.0. The van der Waals surface area contributed by atoms with Crippen LogP contribution in [0.5, 0.6) is 0 Å². The Kier molecular flexibility index (Phi) is 11.0. The molecule has 10 nitrogen and oxygen atoms in total. The fourth-order valence-corrected chi connectivity index (χ4v) is 8.50. The van der Waals surface area contributed by atoms with Gasteiger partial charge in [0.15, 0.2) is 0 Å².